The van der Waals surface area contributed by atoms with Gasteiger partial charge in [0, 0.05) is 36.1 Å². The average Bonchev–Trinajstić information content (AvgIpc) is 3.52. The highest BCUT2D eigenvalue weighted by Crippen LogP contribution is 2.40. The fourth-order valence-corrected chi connectivity index (χ4v) is 5.51. The van der Waals surface area contributed by atoms with Crippen LogP contribution in [-0.2, 0) is 4.79 Å². The molecule has 0 aliphatic carbocycles. The predicted molar refractivity (Wildman–Crippen MR) is 154 cm³/mol. The van der Waals surface area contributed by atoms with Crippen LogP contribution in [0.15, 0.2) is 85.2 Å². The monoisotopic (exact) mass is 565 g/mol. The van der Waals surface area contributed by atoms with Gasteiger partial charge in [-0.1, -0.05) is 41.4 Å². The average molecular weight is 567 g/mol. The molecule has 4 aromatic rings. The first kappa shape index (κ1) is 26.0. The van der Waals surface area contributed by atoms with Gasteiger partial charge in [0.15, 0.2) is 5.11 Å². The summed E-state index contributed by atoms with van der Waals surface area (Å²) in [4.78, 5) is 19.6. The van der Waals surface area contributed by atoms with Crippen molar-refractivity contribution in [1.29, 1.82) is 0 Å². The second-order valence-electron chi connectivity index (χ2n) is 8.72. The molecular weight excluding hydrogens is 541 g/mol. The number of anilines is 1. The number of methoxy groups -OCH3 is 1. The number of nitrogens with zero attached hydrogens (tertiary/aromatic N) is 3. The Morgan fingerprint density at radius 2 is 1.92 bits per heavy atom. The van der Waals surface area contributed by atoms with Crippen molar-refractivity contribution < 1.29 is 9.53 Å². The van der Waals surface area contributed by atoms with E-state index >= 15 is 0 Å². The molecule has 2 unspecified atom stereocenters. The van der Waals surface area contributed by atoms with E-state index in [4.69, 9.17) is 40.2 Å². The lowest BCUT2D eigenvalue weighted by Crippen LogP contribution is -2.33. The Morgan fingerprint density at radius 3 is 2.68 bits per heavy atom. The van der Waals surface area contributed by atoms with Crippen molar-refractivity contribution in [3.05, 3.63) is 107 Å². The zero-order chi connectivity index (χ0) is 26.6. The number of pyridine rings is 1. The molecule has 3 heterocycles. The third-order valence-corrected chi connectivity index (χ3v) is 7.30. The van der Waals surface area contributed by atoms with Gasteiger partial charge in [0.25, 0.3) is 0 Å². The second kappa shape index (κ2) is 11.4. The van der Waals surface area contributed by atoms with E-state index in [2.05, 4.69) is 15.6 Å². The standard InChI is InChI=1S/C28H25Cl2N5O2S/c1-37-24-10-3-2-7-20(24)32-25(36)13-16-35-27(26(33-28(35)38)21-8-4-5-14-31-21)23-9-6-15-34(23)22-12-11-18(29)17-19(22)30/h2-12,14-15,17,26-27H,13,16H2,1H3,(H,32,36)(H,33,38). The van der Waals surface area contributed by atoms with E-state index < -0.39 is 0 Å². The molecule has 194 valence electrons. The van der Waals surface area contributed by atoms with Gasteiger partial charge in [-0.2, -0.15) is 0 Å². The van der Waals surface area contributed by atoms with E-state index in [-0.39, 0.29) is 24.4 Å². The summed E-state index contributed by atoms with van der Waals surface area (Å²) in [6, 6.07) is 22.0. The minimum atomic E-state index is -0.252. The van der Waals surface area contributed by atoms with Gasteiger partial charge in [-0.05, 0) is 66.8 Å². The van der Waals surface area contributed by atoms with Gasteiger partial charge in [-0.3, -0.25) is 9.78 Å². The Balaban J connectivity index is 1.45. The first-order valence-electron chi connectivity index (χ1n) is 12.0. The van der Waals surface area contributed by atoms with E-state index in [1.807, 2.05) is 64.2 Å². The quantitative estimate of drug-likeness (QED) is 0.248. The number of hydrogen-bond donors (Lipinski definition) is 2. The molecule has 1 saturated heterocycles. The summed E-state index contributed by atoms with van der Waals surface area (Å²) in [6.07, 6.45) is 3.93. The molecule has 1 fully saturated rings. The Kier molecular flexibility index (Phi) is 7.83. The van der Waals surface area contributed by atoms with Crippen molar-refractivity contribution >= 4 is 52.1 Å². The fraction of sp³-hybridized carbons (Fsp3) is 0.179. The van der Waals surface area contributed by atoms with Crippen LogP contribution in [0.4, 0.5) is 5.69 Å². The van der Waals surface area contributed by atoms with Gasteiger partial charge in [0.2, 0.25) is 5.91 Å². The molecule has 0 radical (unpaired) electrons. The van der Waals surface area contributed by atoms with Crippen LogP contribution in [0.5, 0.6) is 5.75 Å². The summed E-state index contributed by atoms with van der Waals surface area (Å²) < 4.78 is 7.38. The summed E-state index contributed by atoms with van der Waals surface area (Å²) in [6.45, 7) is 0.389. The lowest BCUT2D eigenvalue weighted by molar-refractivity contribution is -0.116. The molecule has 0 saturated carbocycles. The SMILES string of the molecule is COc1ccccc1NC(=O)CCN1C(=S)NC(c2ccccn2)C1c1cccn1-c1ccc(Cl)cc1Cl. The topological polar surface area (TPSA) is 71.4 Å². The van der Waals surface area contributed by atoms with E-state index in [0.717, 1.165) is 17.1 Å². The number of rotatable bonds is 8. The van der Waals surface area contributed by atoms with Gasteiger partial charge in [-0.25, -0.2) is 0 Å². The molecule has 2 N–H and O–H groups in total. The van der Waals surface area contributed by atoms with Gasteiger partial charge in [0.1, 0.15) is 5.75 Å². The maximum atomic E-state index is 12.9. The number of benzene rings is 2. The smallest absolute Gasteiger partial charge is 0.226 e. The van der Waals surface area contributed by atoms with Gasteiger partial charge in [-0.15, -0.1) is 0 Å². The van der Waals surface area contributed by atoms with Crippen molar-refractivity contribution in [3.63, 3.8) is 0 Å². The molecule has 10 heteroatoms. The molecule has 38 heavy (non-hydrogen) atoms. The predicted octanol–water partition coefficient (Wildman–Crippen LogP) is 6.19. The largest absolute Gasteiger partial charge is 0.495 e. The van der Waals surface area contributed by atoms with Crippen LogP contribution in [0.1, 0.15) is 29.9 Å². The zero-order valence-corrected chi connectivity index (χ0v) is 22.8. The normalized spacial score (nSPS) is 16.8. The number of para-hydroxylation sites is 2. The summed E-state index contributed by atoms with van der Waals surface area (Å²) in [5.41, 5.74) is 3.21. The van der Waals surface area contributed by atoms with Crippen molar-refractivity contribution in [2.75, 3.05) is 19.0 Å². The molecule has 7 nitrogen and oxygen atoms in total. The number of carbonyl (C=O) groups is 1. The molecule has 2 aromatic carbocycles. The summed E-state index contributed by atoms with van der Waals surface area (Å²) in [5.74, 6) is 0.457. The highest BCUT2D eigenvalue weighted by atomic mass is 35.5. The Morgan fingerprint density at radius 1 is 1.11 bits per heavy atom. The van der Waals surface area contributed by atoms with Crippen LogP contribution in [0.3, 0.4) is 0 Å². The number of hydrogen-bond acceptors (Lipinski definition) is 4. The van der Waals surface area contributed by atoms with E-state index in [1.54, 1.807) is 37.6 Å². The summed E-state index contributed by atoms with van der Waals surface area (Å²) in [7, 11) is 1.57. The first-order valence-corrected chi connectivity index (χ1v) is 13.2. The molecule has 0 spiro atoms. The number of amides is 1. The number of carbonyl (C=O) groups excluding carboxylic acids is 1. The van der Waals surface area contributed by atoms with Crippen LogP contribution in [0, 0.1) is 0 Å². The van der Waals surface area contributed by atoms with Crippen LogP contribution in [0.25, 0.3) is 5.69 Å². The van der Waals surface area contributed by atoms with E-state index in [1.165, 1.54) is 0 Å². The fourth-order valence-electron chi connectivity index (χ4n) is 4.68. The molecule has 5 rings (SSSR count). The molecule has 1 amide bonds. The number of ether oxygens (including phenoxy) is 1. The molecule has 1 aliphatic rings. The maximum absolute atomic E-state index is 12.9. The second-order valence-corrected chi connectivity index (χ2v) is 9.95. The van der Waals surface area contributed by atoms with Crippen LogP contribution in [0.2, 0.25) is 10.0 Å². The zero-order valence-electron chi connectivity index (χ0n) is 20.5. The molecule has 0 bridgehead atoms. The highest BCUT2D eigenvalue weighted by molar-refractivity contribution is 7.80. The molecular formula is C28H25Cl2N5O2S. The van der Waals surface area contributed by atoms with Crippen molar-refractivity contribution in [2.24, 2.45) is 0 Å². The lowest BCUT2D eigenvalue weighted by Gasteiger charge is -2.29. The van der Waals surface area contributed by atoms with Crippen molar-refractivity contribution in [3.8, 4) is 11.4 Å². The third kappa shape index (κ3) is 5.34. The van der Waals surface area contributed by atoms with Gasteiger partial charge >= 0.3 is 0 Å². The van der Waals surface area contributed by atoms with E-state index in [0.29, 0.717) is 33.1 Å². The minimum absolute atomic E-state index is 0.145. The van der Waals surface area contributed by atoms with Crippen LogP contribution >= 0.6 is 35.4 Å². The summed E-state index contributed by atoms with van der Waals surface area (Å²) in [5, 5.41) is 8.01. The number of halogens is 2. The molecule has 2 atom stereocenters. The first-order chi connectivity index (χ1) is 18.5. The van der Waals surface area contributed by atoms with E-state index in [9.17, 15) is 4.79 Å². The van der Waals surface area contributed by atoms with Crippen molar-refractivity contribution in [1.82, 2.24) is 19.8 Å². The van der Waals surface area contributed by atoms with Gasteiger partial charge < -0.3 is 24.8 Å². The van der Waals surface area contributed by atoms with Crippen LogP contribution < -0.4 is 15.4 Å². The number of nitrogens with one attached hydrogen (secondary N) is 2. The number of aromatic nitrogens is 2. The lowest BCUT2D eigenvalue weighted by atomic mass is 10.0. The highest BCUT2D eigenvalue weighted by Gasteiger charge is 2.41. The summed E-state index contributed by atoms with van der Waals surface area (Å²) >= 11 is 18.5. The maximum Gasteiger partial charge on any atom is 0.226 e. The molecule has 2 aromatic heterocycles. The number of thiocarbonyl (C=S) groups is 1. The third-order valence-electron chi connectivity index (χ3n) is 6.41. The van der Waals surface area contributed by atoms with Gasteiger partial charge in [0.05, 0.1) is 41.3 Å². The Labute approximate surface area is 236 Å². The van der Waals surface area contributed by atoms with Crippen molar-refractivity contribution in [2.45, 2.75) is 18.5 Å². The Hall–Kier alpha value is -3.59. The molecule has 1 aliphatic heterocycles. The Bertz CT molecular complexity index is 1460. The van der Waals surface area contributed by atoms with Crippen LogP contribution in [-0.4, -0.2) is 39.1 Å². The minimum Gasteiger partial charge on any atom is -0.495 e.